The largest absolute Gasteiger partial charge is 0.315 e. The molecule has 0 saturated carbocycles. The lowest BCUT2D eigenvalue weighted by atomic mass is 9.92. The number of nitrogens with zero attached hydrogens (tertiary/aromatic N) is 6. The Balaban J connectivity index is 1.27. The summed E-state index contributed by atoms with van der Waals surface area (Å²) in [6.45, 7) is 9.50. The summed E-state index contributed by atoms with van der Waals surface area (Å²) in [5, 5.41) is 13.6. The number of nitrogens with one attached hydrogen (secondary N) is 1. The van der Waals surface area contributed by atoms with Gasteiger partial charge in [0.2, 0.25) is 5.13 Å². The van der Waals surface area contributed by atoms with E-state index >= 15 is 0 Å². The number of rotatable bonds is 8. The van der Waals surface area contributed by atoms with Crippen molar-refractivity contribution in [3.05, 3.63) is 52.7 Å². The van der Waals surface area contributed by atoms with Gasteiger partial charge < -0.3 is 5.32 Å². The van der Waals surface area contributed by atoms with Crippen molar-refractivity contribution >= 4 is 22.3 Å². The van der Waals surface area contributed by atoms with Gasteiger partial charge in [-0.15, -0.1) is 10.2 Å². The zero-order valence-electron chi connectivity index (χ0n) is 18.6. The lowest BCUT2D eigenvalue weighted by molar-refractivity contribution is 0.176. The minimum Gasteiger partial charge on any atom is -0.315 e. The van der Waals surface area contributed by atoms with Crippen LogP contribution >= 0.6 is 11.3 Å². The van der Waals surface area contributed by atoms with E-state index in [4.69, 9.17) is 4.98 Å². The van der Waals surface area contributed by atoms with Crippen molar-refractivity contribution in [1.29, 1.82) is 0 Å². The van der Waals surface area contributed by atoms with E-state index in [0.29, 0.717) is 11.8 Å². The van der Waals surface area contributed by atoms with Crippen LogP contribution in [0.5, 0.6) is 0 Å². The molecular weight excluding hydrogens is 406 g/mol. The minimum absolute atomic E-state index is 0.390. The third-order valence-electron chi connectivity index (χ3n) is 5.66. The molecule has 164 valence electrons. The fourth-order valence-corrected chi connectivity index (χ4v) is 4.59. The second-order valence-electron chi connectivity index (χ2n) is 8.52. The highest BCUT2D eigenvalue weighted by molar-refractivity contribution is 7.15. The van der Waals surface area contributed by atoms with Crippen LogP contribution in [0, 0.1) is 5.92 Å². The third-order valence-corrected chi connectivity index (χ3v) is 6.80. The molecule has 4 rings (SSSR count). The smallest absolute Gasteiger partial charge is 0.211 e. The first-order valence-electron chi connectivity index (χ1n) is 11.2. The summed E-state index contributed by atoms with van der Waals surface area (Å²) in [6.07, 6.45) is 8.24. The molecule has 3 aromatic rings. The van der Waals surface area contributed by atoms with Crippen LogP contribution in [0.2, 0.25) is 0 Å². The molecule has 31 heavy (non-hydrogen) atoms. The summed E-state index contributed by atoms with van der Waals surface area (Å²) in [4.78, 5) is 16.2. The second-order valence-corrected chi connectivity index (χ2v) is 9.53. The molecule has 0 spiro atoms. The Bertz CT molecular complexity index is 962. The van der Waals surface area contributed by atoms with Crippen LogP contribution in [-0.4, -0.2) is 43.1 Å². The number of likely N-dealkylation sites (tertiary alicyclic amines) is 1. The van der Waals surface area contributed by atoms with Crippen LogP contribution in [0.15, 0.2) is 30.6 Å². The molecule has 4 heterocycles. The number of aryl methyl sites for hydroxylation is 1. The van der Waals surface area contributed by atoms with Gasteiger partial charge in [0.05, 0.1) is 0 Å². The zero-order chi connectivity index (χ0) is 21.6. The molecule has 8 heteroatoms. The molecule has 1 aliphatic heterocycles. The molecular formula is C23H31N7S. The highest BCUT2D eigenvalue weighted by atomic mass is 32.1. The monoisotopic (exact) mass is 437 g/mol. The Morgan fingerprint density at radius 1 is 1.13 bits per heavy atom. The normalized spacial score (nSPS) is 15.5. The number of piperidine rings is 1. The van der Waals surface area contributed by atoms with Crippen molar-refractivity contribution in [1.82, 2.24) is 30.0 Å². The van der Waals surface area contributed by atoms with Gasteiger partial charge in [0, 0.05) is 42.5 Å². The molecule has 0 aliphatic carbocycles. The SMILES string of the molecule is CCc1ncc(CN2CCC(Cc3cccc(Nc4nnc(C(C)C)s4)n3)CC2)cn1. The second kappa shape index (κ2) is 10.2. The summed E-state index contributed by atoms with van der Waals surface area (Å²) in [6, 6.07) is 6.20. The fraction of sp³-hybridized carbons (Fsp3) is 0.522. The van der Waals surface area contributed by atoms with Gasteiger partial charge in [-0.2, -0.15) is 0 Å². The van der Waals surface area contributed by atoms with Gasteiger partial charge in [-0.1, -0.05) is 38.2 Å². The molecule has 1 fully saturated rings. The lowest BCUT2D eigenvalue weighted by Crippen LogP contribution is -2.34. The topological polar surface area (TPSA) is 79.7 Å². The highest BCUT2D eigenvalue weighted by Crippen LogP contribution is 2.26. The van der Waals surface area contributed by atoms with Crippen LogP contribution < -0.4 is 5.32 Å². The summed E-state index contributed by atoms with van der Waals surface area (Å²) < 4.78 is 0. The molecule has 0 unspecified atom stereocenters. The maximum Gasteiger partial charge on any atom is 0.211 e. The number of hydrogen-bond donors (Lipinski definition) is 1. The minimum atomic E-state index is 0.390. The van der Waals surface area contributed by atoms with Gasteiger partial charge >= 0.3 is 0 Å². The van der Waals surface area contributed by atoms with E-state index in [1.54, 1.807) is 11.3 Å². The zero-order valence-corrected chi connectivity index (χ0v) is 19.4. The number of anilines is 2. The van der Waals surface area contributed by atoms with Crippen molar-refractivity contribution in [3.63, 3.8) is 0 Å². The summed E-state index contributed by atoms with van der Waals surface area (Å²) in [7, 11) is 0. The van der Waals surface area contributed by atoms with Gasteiger partial charge in [0.15, 0.2) is 0 Å². The van der Waals surface area contributed by atoms with E-state index in [9.17, 15) is 0 Å². The van der Waals surface area contributed by atoms with E-state index in [1.165, 1.54) is 18.4 Å². The van der Waals surface area contributed by atoms with Crippen molar-refractivity contribution in [3.8, 4) is 0 Å². The van der Waals surface area contributed by atoms with Crippen LogP contribution in [0.4, 0.5) is 10.9 Å². The number of hydrogen-bond acceptors (Lipinski definition) is 8. The van der Waals surface area contributed by atoms with Crippen LogP contribution in [0.1, 0.15) is 61.6 Å². The Morgan fingerprint density at radius 2 is 1.90 bits per heavy atom. The Hall–Kier alpha value is -2.45. The Labute approximate surface area is 188 Å². The standard InChI is InChI=1S/C23H31N7S/c1-4-20-24-13-18(14-25-20)15-30-10-8-17(9-11-30)12-19-6-5-7-21(26-19)27-23-29-28-22(31-23)16(2)3/h5-7,13-14,16-17H,4,8-12,15H2,1-3H3,(H,26,27,29). The van der Waals surface area contributed by atoms with Crippen molar-refractivity contribution in [2.24, 2.45) is 5.92 Å². The van der Waals surface area contributed by atoms with Crippen LogP contribution in [0.3, 0.4) is 0 Å². The number of pyridine rings is 1. The van der Waals surface area contributed by atoms with E-state index < -0.39 is 0 Å². The van der Waals surface area contributed by atoms with E-state index in [2.05, 4.69) is 63.3 Å². The highest BCUT2D eigenvalue weighted by Gasteiger charge is 2.20. The van der Waals surface area contributed by atoms with Gasteiger partial charge in [-0.05, 0) is 50.4 Å². The fourth-order valence-electron chi connectivity index (χ4n) is 3.84. The molecule has 0 bridgehead atoms. The van der Waals surface area contributed by atoms with Gasteiger partial charge in [-0.25, -0.2) is 15.0 Å². The van der Waals surface area contributed by atoms with Crippen molar-refractivity contribution in [2.45, 2.75) is 58.9 Å². The maximum atomic E-state index is 4.82. The molecule has 1 N–H and O–H groups in total. The summed E-state index contributed by atoms with van der Waals surface area (Å²) >= 11 is 1.59. The Kier molecular flexibility index (Phi) is 7.19. The summed E-state index contributed by atoms with van der Waals surface area (Å²) in [5.41, 5.74) is 2.34. The van der Waals surface area contributed by atoms with Gasteiger partial charge in [0.25, 0.3) is 0 Å². The first-order chi connectivity index (χ1) is 15.1. The van der Waals surface area contributed by atoms with E-state index in [0.717, 1.165) is 60.0 Å². The van der Waals surface area contributed by atoms with Gasteiger partial charge in [0.1, 0.15) is 16.6 Å². The molecule has 7 nitrogen and oxygen atoms in total. The van der Waals surface area contributed by atoms with Gasteiger partial charge in [-0.3, -0.25) is 4.90 Å². The molecule has 1 saturated heterocycles. The average molecular weight is 438 g/mol. The molecule has 0 radical (unpaired) electrons. The van der Waals surface area contributed by atoms with Crippen LogP contribution in [0.25, 0.3) is 0 Å². The first kappa shape index (κ1) is 21.8. The molecule has 3 aromatic heterocycles. The maximum absolute atomic E-state index is 4.82. The van der Waals surface area contributed by atoms with Crippen molar-refractivity contribution < 1.29 is 0 Å². The average Bonchev–Trinajstić information content (AvgIpc) is 3.25. The first-order valence-corrected chi connectivity index (χ1v) is 12.0. The number of aromatic nitrogens is 5. The van der Waals surface area contributed by atoms with Crippen LogP contribution in [-0.2, 0) is 19.4 Å². The van der Waals surface area contributed by atoms with Crippen molar-refractivity contribution in [2.75, 3.05) is 18.4 Å². The van der Waals surface area contributed by atoms with E-state index in [1.807, 2.05) is 18.5 Å². The summed E-state index contributed by atoms with van der Waals surface area (Å²) in [5.74, 6) is 2.82. The molecule has 1 aliphatic rings. The quantitative estimate of drug-likeness (QED) is 0.551. The molecule has 0 atom stereocenters. The predicted octanol–water partition coefficient (Wildman–Crippen LogP) is 4.61. The Morgan fingerprint density at radius 3 is 2.58 bits per heavy atom. The molecule has 0 aromatic carbocycles. The lowest BCUT2D eigenvalue weighted by Gasteiger charge is -2.31. The van der Waals surface area contributed by atoms with E-state index in [-0.39, 0.29) is 0 Å². The third kappa shape index (κ3) is 6.04. The molecule has 0 amide bonds. The predicted molar refractivity (Wildman–Crippen MR) is 125 cm³/mol.